The van der Waals surface area contributed by atoms with Gasteiger partial charge in [-0.25, -0.2) is 0 Å². The SMILES string of the molecule is Cc1oncc1C(=O)N(C)CC(C)(C)CN. The largest absolute Gasteiger partial charge is 0.361 e. The fourth-order valence-corrected chi connectivity index (χ4v) is 1.49. The van der Waals surface area contributed by atoms with Gasteiger partial charge in [0.15, 0.2) is 0 Å². The summed E-state index contributed by atoms with van der Waals surface area (Å²) in [5, 5.41) is 3.59. The van der Waals surface area contributed by atoms with Gasteiger partial charge in [-0.2, -0.15) is 0 Å². The van der Waals surface area contributed by atoms with Gasteiger partial charge >= 0.3 is 0 Å². The summed E-state index contributed by atoms with van der Waals surface area (Å²) < 4.78 is 4.87. The first kappa shape index (κ1) is 12.7. The third-order valence-corrected chi connectivity index (χ3v) is 2.55. The summed E-state index contributed by atoms with van der Waals surface area (Å²) in [5.41, 5.74) is 6.06. The molecule has 0 aromatic carbocycles. The number of carbonyl (C=O) groups is 1. The van der Waals surface area contributed by atoms with Crippen LogP contribution in [0.2, 0.25) is 0 Å². The van der Waals surface area contributed by atoms with Crippen molar-refractivity contribution in [2.24, 2.45) is 11.1 Å². The van der Waals surface area contributed by atoms with Crippen molar-refractivity contribution < 1.29 is 9.32 Å². The summed E-state index contributed by atoms with van der Waals surface area (Å²) in [6, 6.07) is 0. The lowest BCUT2D eigenvalue weighted by Crippen LogP contribution is -2.39. The Morgan fingerprint density at radius 1 is 1.62 bits per heavy atom. The van der Waals surface area contributed by atoms with E-state index in [0.717, 1.165) is 0 Å². The van der Waals surface area contributed by atoms with Crippen LogP contribution in [0.3, 0.4) is 0 Å². The Morgan fingerprint density at radius 3 is 2.69 bits per heavy atom. The molecule has 2 N–H and O–H groups in total. The second kappa shape index (κ2) is 4.65. The van der Waals surface area contributed by atoms with Crippen LogP contribution in [0.5, 0.6) is 0 Å². The Bertz CT molecular complexity index is 371. The molecule has 0 radical (unpaired) electrons. The number of rotatable bonds is 4. The maximum absolute atomic E-state index is 12.0. The second-order valence-electron chi connectivity index (χ2n) is 4.83. The Balaban J connectivity index is 2.73. The van der Waals surface area contributed by atoms with Crippen LogP contribution in [0.4, 0.5) is 0 Å². The van der Waals surface area contributed by atoms with E-state index < -0.39 is 0 Å². The summed E-state index contributed by atoms with van der Waals surface area (Å²) in [6.45, 7) is 6.91. The summed E-state index contributed by atoms with van der Waals surface area (Å²) in [7, 11) is 1.76. The van der Waals surface area contributed by atoms with Crippen molar-refractivity contribution in [3.63, 3.8) is 0 Å². The lowest BCUT2D eigenvalue weighted by molar-refractivity contribution is 0.0739. The van der Waals surface area contributed by atoms with E-state index in [9.17, 15) is 4.79 Å². The molecule has 0 spiro atoms. The predicted molar refractivity (Wildman–Crippen MR) is 61.0 cm³/mol. The molecule has 16 heavy (non-hydrogen) atoms. The summed E-state index contributed by atoms with van der Waals surface area (Å²) in [5.74, 6) is 0.461. The van der Waals surface area contributed by atoms with E-state index in [1.807, 2.05) is 13.8 Å². The third-order valence-electron chi connectivity index (χ3n) is 2.55. The number of aryl methyl sites for hydroxylation is 1. The van der Waals surface area contributed by atoms with Crippen molar-refractivity contribution in [2.45, 2.75) is 20.8 Å². The summed E-state index contributed by atoms with van der Waals surface area (Å²) in [6.07, 6.45) is 1.45. The molecule has 0 aliphatic heterocycles. The van der Waals surface area contributed by atoms with Crippen LogP contribution < -0.4 is 5.73 Å². The van der Waals surface area contributed by atoms with Crippen molar-refractivity contribution in [3.05, 3.63) is 17.5 Å². The predicted octanol–water partition coefficient (Wildman–Crippen LogP) is 1.04. The molecule has 1 rings (SSSR count). The molecule has 5 nitrogen and oxygen atoms in total. The molecular weight excluding hydrogens is 206 g/mol. The van der Waals surface area contributed by atoms with E-state index in [-0.39, 0.29) is 11.3 Å². The first-order chi connectivity index (χ1) is 7.37. The quantitative estimate of drug-likeness (QED) is 0.831. The van der Waals surface area contributed by atoms with Gasteiger partial charge in [-0.05, 0) is 18.9 Å². The number of carbonyl (C=O) groups excluding carboxylic acids is 1. The van der Waals surface area contributed by atoms with Gasteiger partial charge in [-0.1, -0.05) is 19.0 Å². The average Bonchev–Trinajstić information content (AvgIpc) is 2.62. The third kappa shape index (κ3) is 2.82. The van der Waals surface area contributed by atoms with Crippen LogP contribution in [-0.2, 0) is 0 Å². The van der Waals surface area contributed by atoms with E-state index in [2.05, 4.69) is 5.16 Å². The number of aromatic nitrogens is 1. The van der Waals surface area contributed by atoms with Gasteiger partial charge in [0.2, 0.25) is 0 Å². The second-order valence-corrected chi connectivity index (χ2v) is 4.83. The smallest absolute Gasteiger partial charge is 0.258 e. The Morgan fingerprint density at radius 2 is 2.25 bits per heavy atom. The Labute approximate surface area is 95.6 Å². The van der Waals surface area contributed by atoms with Crippen molar-refractivity contribution in [1.82, 2.24) is 10.1 Å². The zero-order valence-corrected chi connectivity index (χ0v) is 10.3. The molecule has 1 heterocycles. The summed E-state index contributed by atoms with van der Waals surface area (Å²) in [4.78, 5) is 13.7. The van der Waals surface area contributed by atoms with Gasteiger partial charge < -0.3 is 15.2 Å². The van der Waals surface area contributed by atoms with E-state index in [0.29, 0.717) is 24.4 Å². The fourth-order valence-electron chi connectivity index (χ4n) is 1.49. The molecule has 0 aliphatic carbocycles. The van der Waals surface area contributed by atoms with Crippen molar-refractivity contribution in [2.75, 3.05) is 20.1 Å². The van der Waals surface area contributed by atoms with Gasteiger partial charge in [0.25, 0.3) is 5.91 Å². The topological polar surface area (TPSA) is 72.4 Å². The molecule has 0 saturated carbocycles. The minimum atomic E-state index is -0.0878. The molecule has 5 heteroatoms. The molecule has 1 amide bonds. The number of amides is 1. The normalized spacial score (nSPS) is 11.6. The van der Waals surface area contributed by atoms with Crippen LogP contribution >= 0.6 is 0 Å². The van der Waals surface area contributed by atoms with Crippen molar-refractivity contribution in [3.8, 4) is 0 Å². The standard InChI is InChI=1S/C11H19N3O2/c1-8-9(5-13-16-8)10(15)14(4)7-11(2,3)6-12/h5H,6-7,12H2,1-4H3. The zero-order chi connectivity index (χ0) is 12.3. The lowest BCUT2D eigenvalue weighted by atomic mass is 9.93. The van der Waals surface area contributed by atoms with E-state index in [4.69, 9.17) is 10.3 Å². The molecule has 90 valence electrons. The molecule has 1 aromatic heterocycles. The van der Waals surface area contributed by atoms with Gasteiger partial charge in [-0.15, -0.1) is 0 Å². The fraction of sp³-hybridized carbons (Fsp3) is 0.636. The van der Waals surface area contributed by atoms with Crippen LogP contribution in [0.25, 0.3) is 0 Å². The number of hydrogen-bond acceptors (Lipinski definition) is 4. The van der Waals surface area contributed by atoms with Crippen LogP contribution in [-0.4, -0.2) is 36.1 Å². The number of nitrogens with zero attached hydrogens (tertiary/aromatic N) is 2. The molecular formula is C11H19N3O2. The van der Waals surface area contributed by atoms with Gasteiger partial charge in [0.05, 0.1) is 6.20 Å². The van der Waals surface area contributed by atoms with Gasteiger partial charge in [-0.3, -0.25) is 4.79 Å². The van der Waals surface area contributed by atoms with Gasteiger partial charge in [0.1, 0.15) is 11.3 Å². The van der Waals surface area contributed by atoms with Crippen molar-refractivity contribution in [1.29, 1.82) is 0 Å². The van der Waals surface area contributed by atoms with Crippen LogP contribution in [0.1, 0.15) is 30.0 Å². The molecule has 1 aromatic rings. The maximum Gasteiger partial charge on any atom is 0.258 e. The molecule has 0 aliphatic rings. The molecule has 0 bridgehead atoms. The first-order valence-corrected chi connectivity index (χ1v) is 5.24. The number of hydrogen-bond donors (Lipinski definition) is 1. The highest BCUT2D eigenvalue weighted by Crippen LogP contribution is 2.16. The average molecular weight is 225 g/mol. The maximum atomic E-state index is 12.0. The molecule has 0 saturated heterocycles. The minimum Gasteiger partial charge on any atom is -0.361 e. The number of nitrogens with two attached hydrogens (primary N) is 1. The van der Waals surface area contributed by atoms with Gasteiger partial charge in [0, 0.05) is 13.6 Å². The highest BCUT2D eigenvalue weighted by Gasteiger charge is 2.23. The highest BCUT2D eigenvalue weighted by molar-refractivity contribution is 5.94. The van der Waals surface area contributed by atoms with Crippen LogP contribution in [0, 0.1) is 12.3 Å². The highest BCUT2D eigenvalue weighted by atomic mass is 16.5. The van der Waals surface area contributed by atoms with E-state index >= 15 is 0 Å². The summed E-state index contributed by atoms with van der Waals surface area (Å²) >= 11 is 0. The van der Waals surface area contributed by atoms with Crippen LogP contribution in [0.15, 0.2) is 10.7 Å². The monoisotopic (exact) mass is 225 g/mol. The van der Waals surface area contributed by atoms with Crippen molar-refractivity contribution >= 4 is 5.91 Å². The Kier molecular flexibility index (Phi) is 3.70. The molecule has 0 unspecified atom stereocenters. The molecule has 0 fully saturated rings. The minimum absolute atomic E-state index is 0.0831. The first-order valence-electron chi connectivity index (χ1n) is 5.24. The van der Waals surface area contributed by atoms with E-state index in [1.165, 1.54) is 6.20 Å². The zero-order valence-electron chi connectivity index (χ0n) is 10.3. The van der Waals surface area contributed by atoms with E-state index in [1.54, 1.807) is 18.9 Å². The Hall–Kier alpha value is -1.36. The lowest BCUT2D eigenvalue weighted by Gasteiger charge is -2.28. The molecule has 0 atom stereocenters.